The number of hydrogen-bond donors (Lipinski definition) is 0. The maximum Gasteiger partial charge on any atom is 0.251 e. The van der Waals surface area contributed by atoms with Crippen molar-refractivity contribution in [3.8, 4) is 39.8 Å². The molecule has 0 saturated carbocycles. The molecule has 12 rings (SSSR count). The van der Waals surface area contributed by atoms with Gasteiger partial charge in [-0.3, -0.25) is 4.98 Å². The van der Waals surface area contributed by atoms with Crippen LogP contribution in [0.2, 0.25) is 0 Å². The van der Waals surface area contributed by atoms with Gasteiger partial charge in [-0.25, -0.2) is 0 Å². The summed E-state index contributed by atoms with van der Waals surface area (Å²) >= 11 is 0. The zero-order valence-corrected chi connectivity index (χ0v) is 33.9. The molecule has 1 radical (unpaired) electrons. The van der Waals surface area contributed by atoms with Gasteiger partial charge in [0.2, 0.25) is 0 Å². The van der Waals surface area contributed by atoms with Crippen molar-refractivity contribution in [3.63, 3.8) is 0 Å². The number of ether oxygens (including phenoxy) is 1. The molecule has 0 bridgehead atoms. The Balaban J connectivity index is 0.000000279. The minimum Gasteiger partial charge on any atom is -0.501 e. The zero-order chi connectivity index (χ0) is 38.4. The summed E-state index contributed by atoms with van der Waals surface area (Å²) in [5.74, 6) is 2.52. The first-order valence-corrected chi connectivity index (χ1v) is 19.3. The average Bonchev–Trinajstić information content (AvgIpc) is 3.87. The Morgan fingerprint density at radius 1 is 0.576 bits per heavy atom. The van der Waals surface area contributed by atoms with Crippen LogP contribution >= 0.6 is 0 Å². The minimum atomic E-state index is -0.00419. The summed E-state index contributed by atoms with van der Waals surface area (Å²) in [7, 11) is 0. The second kappa shape index (κ2) is 15.4. The van der Waals surface area contributed by atoms with Gasteiger partial charge in [0.15, 0.2) is 0 Å². The van der Waals surface area contributed by atoms with E-state index < -0.39 is 0 Å². The quantitative estimate of drug-likeness (QED) is 0.130. The topological polar surface area (TPSA) is 53.1 Å². The molecule has 0 amide bonds. The number of benzene rings is 8. The van der Waals surface area contributed by atoms with Crippen LogP contribution in [0.25, 0.3) is 72.1 Å². The fourth-order valence-corrected chi connectivity index (χ4v) is 8.21. The number of hydrogen-bond acceptors (Lipinski definition) is 4. The standard InChI is InChI=1S/C41H24BN2O2.C11H8N.Ir/c1-3-14-28(15-4-1)42-33-22-26-12-7-8-13-27(26)23-38(33)45-39-24-32-30-18-11-19-31(40(30)46-37(32)25-34(39)42)41-43-35-20-9-10-21-36(35)44(41)29-16-5-2-6-17-29;1-2-6-10(7-3-1)11-8-4-5-9-12-11;/h1-18,20-25H;1-6,8-9H;/q2*-1;. The first-order valence-electron chi connectivity index (χ1n) is 19.3. The van der Waals surface area contributed by atoms with Crippen LogP contribution in [-0.2, 0) is 20.1 Å². The number of rotatable bonds is 4. The van der Waals surface area contributed by atoms with Crippen molar-refractivity contribution in [2.75, 3.05) is 0 Å². The Hall–Kier alpha value is -7.05. The van der Waals surface area contributed by atoms with E-state index in [9.17, 15) is 0 Å². The molecule has 5 nitrogen and oxygen atoms in total. The smallest absolute Gasteiger partial charge is 0.251 e. The van der Waals surface area contributed by atoms with Crippen LogP contribution in [0.15, 0.2) is 199 Å². The maximum atomic E-state index is 6.79. The number of imidazole rings is 1. The van der Waals surface area contributed by atoms with Crippen molar-refractivity contribution >= 4 is 66.8 Å². The molecule has 8 aromatic carbocycles. The maximum absolute atomic E-state index is 6.79. The molecule has 281 valence electrons. The van der Waals surface area contributed by atoms with Crippen LogP contribution in [0, 0.1) is 12.1 Å². The van der Waals surface area contributed by atoms with Gasteiger partial charge < -0.3 is 18.7 Å². The first-order chi connectivity index (χ1) is 28.8. The van der Waals surface area contributed by atoms with Crippen LogP contribution in [-0.4, -0.2) is 21.2 Å². The predicted molar refractivity (Wildman–Crippen MR) is 236 cm³/mol. The van der Waals surface area contributed by atoms with E-state index in [1.807, 2.05) is 84.9 Å². The molecule has 0 unspecified atom stereocenters. The summed E-state index contributed by atoms with van der Waals surface area (Å²) in [6, 6.07) is 70.8. The van der Waals surface area contributed by atoms with Gasteiger partial charge in [0.1, 0.15) is 17.1 Å². The molecular weight excluding hydrogens is 902 g/mol. The molecule has 4 heterocycles. The number of fused-ring (bicyclic) bond motifs is 7. The van der Waals surface area contributed by atoms with Crippen LogP contribution in [0.1, 0.15) is 0 Å². The van der Waals surface area contributed by atoms with E-state index in [-0.39, 0.29) is 26.8 Å². The Morgan fingerprint density at radius 3 is 2.08 bits per heavy atom. The summed E-state index contributed by atoms with van der Waals surface area (Å²) in [4.78, 5) is 9.33. The summed E-state index contributed by atoms with van der Waals surface area (Å²) in [5.41, 5.74) is 10.8. The Bertz CT molecular complexity index is 3220. The van der Waals surface area contributed by atoms with Crippen molar-refractivity contribution in [3.05, 3.63) is 206 Å². The fourth-order valence-electron chi connectivity index (χ4n) is 8.21. The first kappa shape index (κ1) is 36.3. The van der Waals surface area contributed by atoms with Gasteiger partial charge in [0.25, 0.3) is 6.71 Å². The molecule has 59 heavy (non-hydrogen) atoms. The molecule has 1 aliphatic heterocycles. The van der Waals surface area contributed by atoms with Gasteiger partial charge in [-0.1, -0.05) is 120 Å². The van der Waals surface area contributed by atoms with Gasteiger partial charge in [0.05, 0.1) is 22.4 Å². The van der Waals surface area contributed by atoms with Crippen LogP contribution in [0.3, 0.4) is 0 Å². The Morgan fingerprint density at radius 2 is 1.29 bits per heavy atom. The van der Waals surface area contributed by atoms with E-state index in [2.05, 4.69) is 125 Å². The van der Waals surface area contributed by atoms with Crippen molar-refractivity contribution in [2.45, 2.75) is 0 Å². The summed E-state index contributed by atoms with van der Waals surface area (Å²) in [6.45, 7) is -0.00419. The van der Waals surface area contributed by atoms with Crippen LogP contribution < -0.4 is 21.1 Å². The molecule has 0 fully saturated rings. The number of furan rings is 1. The number of aromatic nitrogens is 3. The monoisotopic (exact) mass is 934 g/mol. The molecule has 3 aromatic heterocycles. The van der Waals surface area contributed by atoms with Gasteiger partial charge in [-0.05, 0) is 75.9 Å². The normalized spacial score (nSPS) is 11.7. The van der Waals surface area contributed by atoms with Gasteiger partial charge in [-0.2, -0.15) is 0 Å². The van der Waals surface area contributed by atoms with Gasteiger partial charge in [0, 0.05) is 37.4 Å². The van der Waals surface area contributed by atoms with Crippen LogP contribution in [0.5, 0.6) is 11.5 Å². The number of pyridine rings is 1. The van der Waals surface area contributed by atoms with Crippen molar-refractivity contribution in [1.82, 2.24) is 14.5 Å². The van der Waals surface area contributed by atoms with Crippen molar-refractivity contribution < 1.29 is 29.3 Å². The summed E-state index contributed by atoms with van der Waals surface area (Å²) < 4.78 is 15.7. The molecule has 7 heteroatoms. The summed E-state index contributed by atoms with van der Waals surface area (Å²) in [5, 5.41) is 4.36. The molecular formula is C52H32BIrN3O2-2. The third-order valence-corrected chi connectivity index (χ3v) is 10.9. The molecule has 1 aliphatic rings. The molecule has 0 saturated heterocycles. The molecule has 11 aromatic rings. The van der Waals surface area contributed by atoms with Crippen LogP contribution in [0.4, 0.5) is 0 Å². The largest absolute Gasteiger partial charge is 0.501 e. The van der Waals surface area contributed by atoms with E-state index in [1.54, 1.807) is 6.20 Å². The predicted octanol–water partition coefficient (Wildman–Crippen LogP) is 10.7. The second-order valence-corrected chi connectivity index (χ2v) is 14.4. The van der Waals surface area contributed by atoms with E-state index in [0.29, 0.717) is 0 Å². The minimum absolute atomic E-state index is 0. The number of nitrogens with zero attached hydrogens (tertiary/aromatic N) is 3. The van der Waals surface area contributed by atoms with Gasteiger partial charge in [-0.15, -0.1) is 54.1 Å². The molecule has 0 atom stereocenters. The fraction of sp³-hybridized carbons (Fsp3) is 0. The third-order valence-electron chi connectivity index (χ3n) is 10.9. The average molecular weight is 934 g/mol. The summed E-state index contributed by atoms with van der Waals surface area (Å²) in [6.07, 6.45) is 1.79. The van der Waals surface area contributed by atoms with E-state index >= 15 is 0 Å². The molecule has 0 spiro atoms. The third kappa shape index (κ3) is 6.51. The number of para-hydroxylation sites is 3. The van der Waals surface area contributed by atoms with E-state index in [0.717, 1.165) is 89.1 Å². The van der Waals surface area contributed by atoms with E-state index in [4.69, 9.17) is 14.1 Å². The second-order valence-electron chi connectivity index (χ2n) is 14.4. The van der Waals surface area contributed by atoms with Crippen molar-refractivity contribution in [1.29, 1.82) is 0 Å². The molecule has 0 aliphatic carbocycles. The van der Waals surface area contributed by atoms with Gasteiger partial charge >= 0.3 is 0 Å². The molecule has 0 N–H and O–H groups in total. The Kier molecular flexibility index (Phi) is 9.46. The SMILES string of the molecule is [Ir].[c-]1ccc2c(oc3cc4c(cc32)Oc2cc3ccccc3cc2B4c2ccccc2)c1-c1nc2ccccc2n1-c1ccccc1.[c-]1ccccc1-c1ccccn1. The van der Waals surface area contributed by atoms with Crippen molar-refractivity contribution in [2.24, 2.45) is 0 Å². The zero-order valence-electron chi connectivity index (χ0n) is 31.5. The Labute approximate surface area is 355 Å². The van der Waals surface area contributed by atoms with E-state index in [1.165, 1.54) is 10.8 Å².